The molecule has 0 spiro atoms. The van der Waals surface area contributed by atoms with Gasteiger partial charge in [0.1, 0.15) is 5.69 Å². The maximum absolute atomic E-state index is 11.5. The van der Waals surface area contributed by atoms with Crippen molar-refractivity contribution in [2.24, 2.45) is 5.92 Å². The third-order valence-corrected chi connectivity index (χ3v) is 4.61. The van der Waals surface area contributed by atoms with Crippen LogP contribution in [0.25, 0.3) is 0 Å². The molecule has 0 aromatic carbocycles. The quantitative estimate of drug-likeness (QED) is 0.875. The number of nitrogens with one attached hydrogen (secondary N) is 1. The second kappa shape index (κ2) is 8.87. The first kappa shape index (κ1) is 17.7. The molecular formula is C18H30N4O. The number of aromatic nitrogens is 1. The number of hydrogen-bond acceptors (Lipinski definition) is 4. The Morgan fingerprint density at radius 1 is 1.43 bits per heavy atom. The number of nitrogens with zero attached hydrogens (tertiary/aromatic N) is 3. The van der Waals surface area contributed by atoms with Crippen molar-refractivity contribution in [2.75, 3.05) is 45.2 Å². The number of carbonyl (C=O) groups excluding carboxylic acids is 1. The lowest BCUT2D eigenvalue weighted by molar-refractivity contribution is 0.0958. The van der Waals surface area contributed by atoms with Gasteiger partial charge in [-0.3, -0.25) is 4.79 Å². The van der Waals surface area contributed by atoms with Crippen molar-refractivity contribution in [1.29, 1.82) is 0 Å². The summed E-state index contributed by atoms with van der Waals surface area (Å²) < 4.78 is 0. The van der Waals surface area contributed by atoms with Crippen molar-refractivity contribution in [2.45, 2.75) is 32.6 Å². The summed E-state index contributed by atoms with van der Waals surface area (Å²) >= 11 is 0. The first-order valence-corrected chi connectivity index (χ1v) is 8.71. The first-order chi connectivity index (χ1) is 11.1. The summed E-state index contributed by atoms with van der Waals surface area (Å²) in [6.07, 6.45) is 7.02. The van der Waals surface area contributed by atoms with Gasteiger partial charge in [0, 0.05) is 27.2 Å². The molecule has 0 aliphatic carbocycles. The van der Waals surface area contributed by atoms with Gasteiger partial charge < -0.3 is 15.1 Å². The molecule has 1 atom stereocenters. The summed E-state index contributed by atoms with van der Waals surface area (Å²) in [5.41, 5.74) is 1.52. The van der Waals surface area contributed by atoms with E-state index in [9.17, 15) is 4.79 Å². The van der Waals surface area contributed by atoms with Gasteiger partial charge in [0.2, 0.25) is 0 Å². The van der Waals surface area contributed by atoms with Crippen LogP contribution in [0.5, 0.6) is 0 Å². The van der Waals surface area contributed by atoms with Crippen molar-refractivity contribution in [3.8, 4) is 0 Å². The second-order valence-electron chi connectivity index (χ2n) is 6.66. The Labute approximate surface area is 140 Å². The van der Waals surface area contributed by atoms with Crippen molar-refractivity contribution in [3.63, 3.8) is 0 Å². The molecule has 2 heterocycles. The van der Waals surface area contributed by atoms with Crippen molar-refractivity contribution in [1.82, 2.24) is 15.2 Å². The van der Waals surface area contributed by atoms with Crippen molar-refractivity contribution >= 4 is 11.6 Å². The molecule has 1 aliphatic heterocycles. The average Bonchev–Trinajstić information content (AvgIpc) is 2.78. The summed E-state index contributed by atoms with van der Waals surface area (Å²) in [4.78, 5) is 20.5. The standard InChI is InChI=1S/C18H30N4O/c1-15-7-4-5-11-22(14-15)12-6-10-21(3)16-8-9-17(20-13-16)18(23)19-2/h8-9,13,15H,4-7,10-12,14H2,1-3H3,(H,19,23). The number of pyridine rings is 1. The fourth-order valence-corrected chi connectivity index (χ4v) is 3.19. The lowest BCUT2D eigenvalue weighted by atomic mass is 10.1. The fourth-order valence-electron chi connectivity index (χ4n) is 3.19. The van der Waals surface area contributed by atoms with Gasteiger partial charge in [0.05, 0.1) is 11.9 Å². The molecule has 0 bridgehead atoms. The molecule has 1 unspecified atom stereocenters. The van der Waals surface area contributed by atoms with Crippen LogP contribution in [-0.2, 0) is 0 Å². The third-order valence-electron chi connectivity index (χ3n) is 4.61. The van der Waals surface area contributed by atoms with E-state index in [1.807, 2.05) is 6.07 Å². The van der Waals surface area contributed by atoms with E-state index < -0.39 is 0 Å². The fraction of sp³-hybridized carbons (Fsp3) is 0.667. The maximum atomic E-state index is 11.5. The molecule has 1 aliphatic rings. The molecule has 5 nitrogen and oxygen atoms in total. The topological polar surface area (TPSA) is 48.5 Å². The van der Waals surface area contributed by atoms with Crippen molar-refractivity contribution < 1.29 is 4.79 Å². The highest BCUT2D eigenvalue weighted by molar-refractivity contribution is 5.92. The first-order valence-electron chi connectivity index (χ1n) is 8.71. The molecule has 1 amide bonds. The highest BCUT2D eigenvalue weighted by Gasteiger charge is 2.14. The lowest BCUT2D eigenvalue weighted by Crippen LogP contribution is -2.31. The predicted molar refractivity (Wildman–Crippen MR) is 95.0 cm³/mol. The minimum Gasteiger partial charge on any atom is -0.373 e. The van der Waals surface area contributed by atoms with Gasteiger partial charge in [-0.05, 0) is 50.4 Å². The molecule has 0 radical (unpaired) electrons. The number of likely N-dealkylation sites (tertiary alicyclic amines) is 1. The van der Waals surface area contributed by atoms with Gasteiger partial charge >= 0.3 is 0 Å². The summed E-state index contributed by atoms with van der Waals surface area (Å²) in [6.45, 7) is 7.02. The van der Waals surface area contributed by atoms with E-state index in [4.69, 9.17) is 0 Å². The molecule has 1 fully saturated rings. The smallest absolute Gasteiger partial charge is 0.269 e. The highest BCUT2D eigenvalue weighted by atomic mass is 16.1. The Bertz CT molecular complexity index is 488. The molecular weight excluding hydrogens is 288 g/mol. The molecule has 23 heavy (non-hydrogen) atoms. The Morgan fingerprint density at radius 2 is 2.26 bits per heavy atom. The molecule has 128 valence electrons. The van der Waals surface area contributed by atoms with E-state index in [1.165, 1.54) is 38.9 Å². The van der Waals surface area contributed by atoms with Crippen LogP contribution in [0.4, 0.5) is 5.69 Å². The lowest BCUT2D eigenvalue weighted by Gasteiger charge is -2.24. The Balaban J connectivity index is 1.77. The van der Waals surface area contributed by atoms with Crippen LogP contribution in [0.1, 0.15) is 43.1 Å². The number of rotatable bonds is 6. The van der Waals surface area contributed by atoms with Crippen LogP contribution in [-0.4, -0.2) is 56.1 Å². The molecule has 1 aromatic rings. The average molecular weight is 318 g/mol. The third kappa shape index (κ3) is 5.50. The molecule has 1 aromatic heterocycles. The molecule has 5 heteroatoms. The Morgan fingerprint density at radius 3 is 2.96 bits per heavy atom. The largest absolute Gasteiger partial charge is 0.373 e. The summed E-state index contributed by atoms with van der Waals surface area (Å²) in [6, 6.07) is 3.74. The van der Waals surface area contributed by atoms with Crippen LogP contribution in [0, 0.1) is 5.92 Å². The minimum absolute atomic E-state index is 0.144. The Kier molecular flexibility index (Phi) is 6.84. The molecule has 1 N–H and O–H groups in total. The predicted octanol–water partition coefficient (Wildman–Crippen LogP) is 2.39. The van der Waals surface area contributed by atoms with Crippen LogP contribution in [0.2, 0.25) is 0 Å². The minimum atomic E-state index is -0.144. The number of carbonyl (C=O) groups is 1. The number of amides is 1. The summed E-state index contributed by atoms with van der Waals surface area (Å²) in [7, 11) is 3.70. The highest BCUT2D eigenvalue weighted by Crippen LogP contribution is 2.16. The van der Waals surface area contributed by atoms with E-state index in [-0.39, 0.29) is 5.91 Å². The van der Waals surface area contributed by atoms with E-state index in [2.05, 4.69) is 34.1 Å². The second-order valence-corrected chi connectivity index (χ2v) is 6.66. The zero-order valence-electron chi connectivity index (χ0n) is 14.7. The van der Waals surface area contributed by atoms with Gasteiger partial charge in [-0.25, -0.2) is 4.98 Å². The van der Waals surface area contributed by atoms with E-state index >= 15 is 0 Å². The normalized spacial score (nSPS) is 19.2. The maximum Gasteiger partial charge on any atom is 0.269 e. The molecule has 0 saturated carbocycles. The molecule has 1 saturated heterocycles. The van der Waals surface area contributed by atoms with Gasteiger partial charge in [-0.15, -0.1) is 0 Å². The van der Waals surface area contributed by atoms with Gasteiger partial charge in [-0.2, -0.15) is 0 Å². The van der Waals surface area contributed by atoms with Crippen LogP contribution >= 0.6 is 0 Å². The summed E-state index contributed by atoms with van der Waals surface area (Å²) in [5, 5.41) is 2.59. The van der Waals surface area contributed by atoms with Crippen LogP contribution in [0.3, 0.4) is 0 Å². The monoisotopic (exact) mass is 318 g/mol. The number of hydrogen-bond donors (Lipinski definition) is 1. The van der Waals surface area contributed by atoms with Crippen molar-refractivity contribution in [3.05, 3.63) is 24.0 Å². The van der Waals surface area contributed by atoms with Crippen LogP contribution < -0.4 is 10.2 Å². The Hall–Kier alpha value is -1.62. The summed E-state index contributed by atoms with van der Waals surface area (Å²) in [5.74, 6) is 0.686. The van der Waals surface area contributed by atoms with E-state index in [1.54, 1.807) is 19.3 Å². The zero-order chi connectivity index (χ0) is 16.7. The van der Waals surface area contributed by atoms with Gasteiger partial charge in [0.15, 0.2) is 0 Å². The van der Waals surface area contributed by atoms with Gasteiger partial charge in [0.25, 0.3) is 5.91 Å². The molecule has 2 rings (SSSR count). The van der Waals surface area contributed by atoms with Crippen LogP contribution in [0.15, 0.2) is 18.3 Å². The number of anilines is 1. The zero-order valence-corrected chi connectivity index (χ0v) is 14.7. The van der Waals surface area contributed by atoms with E-state index in [0.29, 0.717) is 5.69 Å². The van der Waals surface area contributed by atoms with Gasteiger partial charge in [-0.1, -0.05) is 13.3 Å². The SMILES string of the molecule is CNC(=O)c1ccc(N(C)CCCN2CCCCC(C)C2)cn1. The van der Waals surface area contributed by atoms with E-state index in [0.717, 1.165) is 24.6 Å².